The van der Waals surface area contributed by atoms with E-state index in [0.717, 1.165) is 12.8 Å². The molecule has 1 aromatic rings. The number of halogens is 1. The van der Waals surface area contributed by atoms with Crippen molar-refractivity contribution in [2.45, 2.75) is 44.6 Å². The lowest BCUT2D eigenvalue weighted by atomic mass is 9.96. The zero-order valence-corrected chi connectivity index (χ0v) is 14.8. The van der Waals surface area contributed by atoms with Gasteiger partial charge in [0.25, 0.3) is 0 Å². The lowest BCUT2D eigenvalue weighted by Gasteiger charge is -2.22. The van der Waals surface area contributed by atoms with Crippen LogP contribution >= 0.6 is 23.8 Å². The van der Waals surface area contributed by atoms with E-state index in [1.165, 1.54) is 18.2 Å². The summed E-state index contributed by atoms with van der Waals surface area (Å²) in [5.74, 6) is 0.297. The topological polar surface area (TPSA) is 72.2 Å². The van der Waals surface area contributed by atoms with Crippen LogP contribution in [0.1, 0.15) is 39.2 Å². The average Bonchev–Trinajstić information content (AvgIpc) is 2.38. The van der Waals surface area contributed by atoms with Gasteiger partial charge in [-0.15, -0.1) is 0 Å². The highest BCUT2D eigenvalue weighted by atomic mass is 35.5. The molecular formula is C14H21ClN2O2S2. The summed E-state index contributed by atoms with van der Waals surface area (Å²) in [5, 5.41) is 0.237. The second-order valence-corrected chi connectivity index (χ2v) is 7.55. The number of nitrogens with one attached hydrogen (secondary N) is 1. The first-order valence-corrected chi connectivity index (χ1v) is 9.11. The molecule has 7 heteroatoms. The molecule has 4 nitrogen and oxygen atoms in total. The SMILES string of the molecule is CCC(CC)C(C)NS(=O)(=O)c1ccc(C(N)=S)c(Cl)c1. The van der Waals surface area contributed by atoms with Gasteiger partial charge in [-0.25, -0.2) is 13.1 Å². The molecule has 1 aromatic carbocycles. The Kier molecular flexibility index (Phi) is 6.59. The van der Waals surface area contributed by atoms with E-state index in [9.17, 15) is 8.42 Å². The van der Waals surface area contributed by atoms with Crippen LogP contribution < -0.4 is 10.5 Å². The van der Waals surface area contributed by atoms with E-state index >= 15 is 0 Å². The number of thiocarbonyl (C=S) groups is 1. The highest BCUT2D eigenvalue weighted by Gasteiger charge is 2.22. The third-order valence-corrected chi connectivity index (χ3v) is 5.70. The first-order valence-electron chi connectivity index (χ1n) is 6.84. The van der Waals surface area contributed by atoms with E-state index in [1.54, 1.807) is 0 Å². The Morgan fingerprint density at radius 3 is 2.38 bits per heavy atom. The Labute approximate surface area is 137 Å². The molecule has 0 aromatic heterocycles. The summed E-state index contributed by atoms with van der Waals surface area (Å²) in [6, 6.07) is 4.22. The van der Waals surface area contributed by atoms with Crippen LogP contribution in [0.25, 0.3) is 0 Å². The van der Waals surface area contributed by atoms with Crippen molar-refractivity contribution in [1.82, 2.24) is 4.72 Å². The highest BCUT2D eigenvalue weighted by molar-refractivity contribution is 7.89. The molecular weight excluding hydrogens is 328 g/mol. The second-order valence-electron chi connectivity index (χ2n) is 4.99. The van der Waals surface area contributed by atoms with Gasteiger partial charge in [-0.3, -0.25) is 0 Å². The lowest BCUT2D eigenvalue weighted by molar-refractivity contribution is 0.391. The molecule has 0 aliphatic heterocycles. The van der Waals surface area contributed by atoms with Gasteiger partial charge < -0.3 is 5.73 Å². The highest BCUT2D eigenvalue weighted by Crippen LogP contribution is 2.22. The monoisotopic (exact) mass is 348 g/mol. The Balaban J connectivity index is 3.03. The van der Waals surface area contributed by atoms with Gasteiger partial charge in [0.2, 0.25) is 10.0 Å². The van der Waals surface area contributed by atoms with Crippen LogP contribution in [-0.4, -0.2) is 19.4 Å². The molecule has 0 saturated carbocycles. The fourth-order valence-corrected chi connectivity index (χ4v) is 4.19. The van der Waals surface area contributed by atoms with E-state index in [0.29, 0.717) is 11.5 Å². The van der Waals surface area contributed by atoms with Gasteiger partial charge >= 0.3 is 0 Å². The fraction of sp³-hybridized carbons (Fsp3) is 0.500. The van der Waals surface area contributed by atoms with E-state index in [4.69, 9.17) is 29.6 Å². The van der Waals surface area contributed by atoms with Gasteiger partial charge in [-0.05, 0) is 31.0 Å². The normalized spacial score (nSPS) is 13.4. The molecule has 1 rings (SSSR count). The number of benzene rings is 1. The Morgan fingerprint density at radius 1 is 1.38 bits per heavy atom. The van der Waals surface area contributed by atoms with E-state index in [2.05, 4.69) is 4.72 Å². The second kappa shape index (κ2) is 7.54. The Bertz CT molecular complexity index is 613. The molecule has 0 bridgehead atoms. The van der Waals surface area contributed by atoms with Crippen LogP contribution in [-0.2, 0) is 10.0 Å². The third-order valence-electron chi connectivity index (χ3n) is 3.61. The van der Waals surface area contributed by atoms with E-state index in [-0.39, 0.29) is 20.9 Å². The van der Waals surface area contributed by atoms with Crippen LogP contribution in [0.4, 0.5) is 0 Å². The summed E-state index contributed by atoms with van der Waals surface area (Å²) in [7, 11) is -3.61. The van der Waals surface area contributed by atoms with E-state index in [1.807, 2.05) is 20.8 Å². The maximum atomic E-state index is 12.4. The van der Waals surface area contributed by atoms with Gasteiger partial charge in [0, 0.05) is 11.6 Å². The maximum absolute atomic E-state index is 12.4. The van der Waals surface area contributed by atoms with Crippen molar-refractivity contribution in [3.05, 3.63) is 28.8 Å². The third kappa shape index (κ3) is 4.64. The summed E-state index contributed by atoms with van der Waals surface area (Å²) in [5.41, 5.74) is 5.98. The number of rotatable bonds is 7. The Hall–Kier alpha value is -0.690. The van der Waals surface area contributed by atoms with Crippen LogP contribution in [0.2, 0.25) is 5.02 Å². The van der Waals surface area contributed by atoms with Gasteiger partial charge in [0.05, 0.1) is 9.92 Å². The molecule has 0 heterocycles. The molecule has 0 aliphatic carbocycles. The molecule has 0 amide bonds. The van der Waals surface area contributed by atoms with Crippen molar-refractivity contribution in [3.8, 4) is 0 Å². The number of hydrogen-bond donors (Lipinski definition) is 2. The molecule has 0 radical (unpaired) electrons. The zero-order valence-electron chi connectivity index (χ0n) is 12.4. The first-order chi connectivity index (χ1) is 9.72. The largest absolute Gasteiger partial charge is 0.389 e. The summed E-state index contributed by atoms with van der Waals surface area (Å²) in [6.45, 7) is 5.97. The minimum atomic E-state index is -3.61. The fourth-order valence-electron chi connectivity index (χ4n) is 2.27. The van der Waals surface area contributed by atoms with Crippen molar-refractivity contribution in [2.24, 2.45) is 11.7 Å². The molecule has 0 aliphatic rings. The summed E-state index contributed by atoms with van der Waals surface area (Å²) >= 11 is 10.9. The minimum Gasteiger partial charge on any atom is -0.389 e. The molecule has 3 N–H and O–H groups in total. The quantitative estimate of drug-likeness (QED) is 0.743. The van der Waals surface area contributed by atoms with Crippen molar-refractivity contribution >= 4 is 38.8 Å². The predicted octanol–water partition coefficient (Wildman–Crippen LogP) is 3.08. The first kappa shape index (κ1) is 18.4. The molecule has 0 saturated heterocycles. The van der Waals surface area contributed by atoms with Crippen molar-refractivity contribution in [2.75, 3.05) is 0 Å². The van der Waals surface area contributed by atoms with Crippen molar-refractivity contribution < 1.29 is 8.42 Å². The summed E-state index contributed by atoms with van der Waals surface area (Å²) in [6.07, 6.45) is 1.84. The van der Waals surface area contributed by atoms with Gasteiger partial charge in [-0.2, -0.15) is 0 Å². The number of nitrogens with two attached hydrogens (primary N) is 1. The molecule has 118 valence electrons. The molecule has 0 spiro atoms. The summed E-state index contributed by atoms with van der Waals surface area (Å²) in [4.78, 5) is 0.257. The molecule has 0 fully saturated rings. The van der Waals surface area contributed by atoms with Crippen LogP contribution in [0, 0.1) is 5.92 Å². The number of sulfonamides is 1. The van der Waals surface area contributed by atoms with Crippen LogP contribution in [0.15, 0.2) is 23.1 Å². The zero-order chi connectivity index (χ0) is 16.2. The van der Waals surface area contributed by atoms with Gasteiger partial charge in [0.15, 0.2) is 0 Å². The predicted molar refractivity (Wildman–Crippen MR) is 91.2 cm³/mol. The van der Waals surface area contributed by atoms with E-state index < -0.39 is 10.0 Å². The standard InChI is InChI=1S/C14H21ClN2O2S2/c1-4-10(5-2)9(3)17-21(18,19)11-6-7-12(14(16)20)13(15)8-11/h6-10,17H,4-5H2,1-3H3,(H2,16,20). The van der Waals surface area contributed by atoms with Crippen LogP contribution in [0.3, 0.4) is 0 Å². The van der Waals surface area contributed by atoms with Crippen molar-refractivity contribution in [3.63, 3.8) is 0 Å². The average molecular weight is 349 g/mol. The Morgan fingerprint density at radius 2 is 1.95 bits per heavy atom. The minimum absolute atomic E-state index is 0.116. The smallest absolute Gasteiger partial charge is 0.240 e. The molecule has 21 heavy (non-hydrogen) atoms. The van der Waals surface area contributed by atoms with Crippen molar-refractivity contribution in [1.29, 1.82) is 0 Å². The van der Waals surface area contributed by atoms with Gasteiger partial charge in [0.1, 0.15) is 4.99 Å². The molecule has 1 unspecified atom stereocenters. The lowest BCUT2D eigenvalue weighted by Crippen LogP contribution is -2.37. The van der Waals surface area contributed by atoms with Gasteiger partial charge in [-0.1, -0.05) is 50.5 Å². The maximum Gasteiger partial charge on any atom is 0.240 e. The van der Waals surface area contributed by atoms with Crippen LogP contribution in [0.5, 0.6) is 0 Å². The summed E-state index contributed by atoms with van der Waals surface area (Å²) < 4.78 is 27.5. The molecule has 1 atom stereocenters. The number of hydrogen-bond acceptors (Lipinski definition) is 3.